The molecule has 128 valence electrons. The predicted molar refractivity (Wildman–Crippen MR) is 92.2 cm³/mol. The number of rotatable bonds is 7. The van der Waals surface area contributed by atoms with Gasteiger partial charge >= 0.3 is 0 Å². The number of hydrogen-bond acceptors (Lipinski definition) is 6. The van der Waals surface area contributed by atoms with E-state index in [-0.39, 0.29) is 0 Å². The molecule has 1 aromatic carbocycles. The molecule has 3 rings (SSSR count). The van der Waals surface area contributed by atoms with Crippen LogP contribution in [-0.2, 0) is 6.54 Å². The normalized spacial score (nSPS) is 16.0. The summed E-state index contributed by atoms with van der Waals surface area (Å²) < 4.78 is 11.0. The Kier molecular flexibility index (Phi) is 5.98. The van der Waals surface area contributed by atoms with Gasteiger partial charge in [0, 0.05) is 51.2 Å². The molecule has 0 aliphatic carbocycles. The number of methoxy groups -OCH3 is 1. The van der Waals surface area contributed by atoms with Gasteiger partial charge in [0.2, 0.25) is 0 Å². The summed E-state index contributed by atoms with van der Waals surface area (Å²) in [6.07, 6.45) is 3.60. The van der Waals surface area contributed by atoms with Crippen LogP contribution in [0.1, 0.15) is 5.82 Å². The molecule has 1 aliphatic heterocycles. The minimum Gasteiger partial charge on any atom is -0.497 e. The number of aromatic nitrogens is 2. The fourth-order valence-electron chi connectivity index (χ4n) is 2.77. The zero-order chi connectivity index (χ0) is 16.6. The van der Waals surface area contributed by atoms with Crippen LogP contribution in [0.4, 0.5) is 0 Å². The lowest BCUT2D eigenvalue weighted by molar-refractivity contribution is 0.110. The highest BCUT2D eigenvalue weighted by Crippen LogP contribution is 2.18. The molecule has 6 nitrogen and oxygen atoms in total. The molecule has 1 fully saturated rings. The third kappa shape index (κ3) is 4.91. The highest BCUT2D eigenvalue weighted by atomic mass is 16.5. The number of hydrogen-bond donors (Lipinski definition) is 0. The van der Waals surface area contributed by atoms with Gasteiger partial charge in [-0.3, -0.25) is 9.80 Å². The Labute approximate surface area is 143 Å². The Hall–Kier alpha value is -2.18. The maximum absolute atomic E-state index is 5.82. The molecule has 1 aromatic heterocycles. The Balaban J connectivity index is 1.36. The van der Waals surface area contributed by atoms with E-state index < -0.39 is 0 Å². The number of benzene rings is 1. The average molecular weight is 328 g/mol. The van der Waals surface area contributed by atoms with Crippen LogP contribution in [0.5, 0.6) is 11.5 Å². The summed E-state index contributed by atoms with van der Waals surface area (Å²) >= 11 is 0. The van der Waals surface area contributed by atoms with E-state index in [0.29, 0.717) is 6.61 Å². The Morgan fingerprint density at radius 2 is 1.67 bits per heavy atom. The van der Waals surface area contributed by atoms with E-state index in [9.17, 15) is 0 Å². The van der Waals surface area contributed by atoms with Crippen LogP contribution in [0.3, 0.4) is 0 Å². The van der Waals surface area contributed by atoms with Gasteiger partial charge in [-0.25, -0.2) is 9.97 Å². The highest BCUT2D eigenvalue weighted by Gasteiger charge is 2.17. The minimum atomic E-state index is 0.689. The number of piperazine rings is 1. The van der Waals surface area contributed by atoms with Gasteiger partial charge in [0.25, 0.3) is 0 Å². The van der Waals surface area contributed by atoms with Gasteiger partial charge < -0.3 is 9.47 Å². The predicted octanol–water partition coefficient (Wildman–Crippen LogP) is 1.68. The second-order valence-corrected chi connectivity index (χ2v) is 5.81. The fourth-order valence-corrected chi connectivity index (χ4v) is 2.77. The van der Waals surface area contributed by atoms with Crippen LogP contribution in [0.25, 0.3) is 0 Å². The summed E-state index contributed by atoms with van der Waals surface area (Å²) in [5.41, 5.74) is 0. The third-order valence-corrected chi connectivity index (χ3v) is 4.17. The highest BCUT2D eigenvalue weighted by molar-refractivity contribution is 5.32. The molecule has 0 bridgehead atoms. The van der Waals surface area contributed by atoms with E-state index in [2.05, 4.69) is 19.8 Å². The summed E-state index contributed by atoms with van der Waals surface area (Å²) in [6, 6.07) is 9.59. The van der Waals surface area contributed by atoms with Gasteiger partial charge in [-0.2, -0.15) is 0 Å². The van der Waals surface area contributed by atoms with Crippen LogP contribution in [0.15, 0.2) is 42.7 Å². The van der Waals surface area contributed by atoms with Gasteiger partial charge in [0.15, 0.2) is 0 Å². The van der Waals surface area contributed by atoms with Gasteiger partial charge in [-0.15, -0.1) is 0 Å². The number of nitrogens with zero attached hydrogens (tertiary/aromatic N) is 4. The van der Waals surface area contributed by atoms with E-state index in [4.69, 9.17) is 9.47 Å². The molecule has 1 saturated heterocycles. The zero-order valence-corrected chi connectivity index (χ0v) is 14.1. The Morgan fingerprint density at radius 3 is 2.42 bits per heavy atom. The molecule has 0 atom stereocenters. The lowest BCUT2D eigenvalue weighted by atomic mass is 10.3. The molecule has 0 saturated carbocycles. The summed E-state index contributed by atoms with van der Waals surface area (Å²) in [6.45, 7) is 6.63. The number of ether oxygens (including phenoxy) is 2. The second-order valence-electron chi connectivity index (χ2n) is 5.81. The maximum atomic E-state index is 5.82. The molecule has 0 N–H and O–H groups in total. The molecule has 0 amide bonds. The first-order chi connectivity index (χ1) is 11.8. The van der Waals surface area contributed by atoms with Crippen molar-refractivity contribution < 1.29 is 9.47 Å². The monoisotopic (exact) mass is 328 g/mol. The second kappa shape index (κ2) is 8.61. The first kappa shape index (κ1) is 16.7. The van der Waals surface area contributed by atoms with Crippen molar-refractivity contribution >= 4 is 0 Å². The molecule has 2 aromatic rings. The van der Waals surface area contributed by atoms with Crippen LogP contribution in [0, 0.1) is 0 Å². The Bertz CT molecular complexity index is 615. The van der Waals surface area contributed by atoms with Crippen LogP contribution in [0.2, 0.25) is 0 Å². The van der Waals surface area contributed by atoms with Gasteiger partial charge in [-0.05, 0) is 18.2 Å². The van der Waals surface area contributed by atoms with E-state index in [0.717, 1.165) is 56.6 Å². The zero-order valence-electron chi connectivity index (χ0n) is 14.1. The van der Waals surface area contributed by atoms with Gasteiger partial charge in [0.1, 0.15) is 23.9 Å². The summed E-state index contributed by atoms with van der Waals surface area (Å²) in [5, 5.41) is 0. The minimum absolute atomic E-state index is 0.689. The van der Waals surface area contributed by atoms with Crippen molar-refractivity contribution in [3.8, 4) is 11.5 Å². The lowest BCUT2D eigenvalue weighted by Crippen LogP contribution is -2.47. The van der Waals surface area contributed by atoms with E-state index in [1.165, 1.54) is 0 Å². The summed E-state index contributed by atoms with van der Waals surface area (Å²) in [4.78, 5) is 13.4. The summed E-state index contributed by atoms with van der Waals surface area (Å²) in [5.74, 6) is 2.57. The van der Waals surface area contributed by atoms with Crippen molar-refractivity contribution in [2.45, 2.75) is 6.54 Å². The topological polar surface area (TPSA) is 50.7 Å². The van der Waals surface area contributed by atoms with Crippen molar-refractivity contribution in [2.24, 2.45) is 0 Å². The van der Waals surface area contributed by atoms with Crippen molar-refractivity contribution in [2.75, 3.05) is 46.4 Å². The van der Waals surface area contributed by atoms with E-state index in [1.807, 2.05) is 30.3 Å². The third-order valence-electron chi connectivity index (χ3n) is 4.17. The summed E-state index contributed by atoms with van der Waals surface area (Å²) in [7, 11) is 1.67. The van der Waals surface area contributed by atoms with Crippen molar-refractivity contribution in [3.05, 3.63) is 48.5 Å². The quantitative estimate of drug-likeness (QED) is 0.771. The largest absolute Gasteiger partial charge is 0.497 e. The molecule has 0 spiro atoms. The lowest BCUT2D eigenvalue weighted by Gasteiger charge is -2.34. The van der Waals surface area contributed by atoms with Crippen molar-refractivity contribution in [1.29, 1.82) is 0 Å². The first-order valence-electron chi connectivity index (χ1n) is 8.31. The molecule has 1 aliphatic rings. The fraction of sp³-hybridized carbons (Fsp3) is 0.444. The van der Waals surface area contributed by atoms with E-state index >= 15 is 0 Å². The van der Waals surface area contributed by atoms with Crippen LogP contribution in [-0.4, -0.2) is 66.2 Å². The van der Waals surface area contributed by atoms with Crippen molar-refractivity contribution in [1.82, 2.24) is 19.8 Å². The molecular weight excluding hydrogens is 304 g/mol. The standard InChI is InChI=1S/C18H24N4O2/c1-23-16-4-2-5-17(14-16)24-13-12-21-8-10-22(11-9-21)15-18-19-6-3-7-20-18/h2-7,14H,8-13,15H2,1H3. The SMILES string of the molecule is COc1cccc(OCCN2CCN(Cc3ncccn3)CC2)c1. The van der Waals surface area contributed by atoms with Crippen LogP contribution < -0.4 is 9.47 Å². The first-order valence-corrected chi connectivity index (χ1v) is 8.31. The maximum Gasteiger partial charge on any atom is 0.142 e. The van der Waals surface area contributed by atoms with Gasteiger partial charge in [-0.1, -0.05) is 6.07 Å². The molecule has 2 heterocycles. The molecule has 0 unspecified atom stereocenters. The smallest absolute Gasteiger partial charge is 0.142 e. The molecule has 24 heavy (non-hydrogen) atoms. The van der Waals surface area contributed by atoms with Gasteiger partial charge in [0.05, 0.1) is 13.7 Å². The van der Waals surface area contributed by atoms with Crippen LogP contribution >= 0.6 is 0 Å². The molecule has 0 radical (unpaired) electrons. The van der Waals surface area contributed by atoms with Crippen molar-refractivity contribution in [3.63, 3.8) is 0 Å². The Morgan fingerprint density at radius 1 is 0.958 bits per heavy atom. The molecule has 6 heteroatoms. The van der Waals surface area contributed by atoms with E-state index in [1.54, 1.807) is 19.5 Å². The molecular formula is C18H24N4O2. The average Bonchev–Trinajstić information content (AvgIpc) is 2.64.